The van der Waals surface area contributed by atoms with Gasteiger partial charge in [0.2, 0.25) is 0 Å². The minimum absolute atomic E-state index is 0.0772. The first-order chi connectivity index (χ1) is 10.7. The SMILES string of the molecule is COC(=O)CC(c1ccccc1)c1cccc(N=[N+]=[N-])c1O. The molecule has 6 nitrogen and oxygen atoms in total. The third kappa shape index (κ3) is 3.37. The molecule has 0 aliphatic carbocycles. The molecule has 0 saturated heterocycles. The number of benzene rings is 2. The van der Waals surface area contributed by atoms with E-state index in [0.717, 1.165) is 5.56 Å². The van der Waals surface area contributed by atoms with Crippen LogP contribution in [0.1, 0.15) is 23.5 Å². The number of rotatable bonds is 5. The van der Waals surface area contributed by atoms with E-state index in [4.69, 9.17) is 10.3 Å². The van der Waals surface area contributed by atoms with Gasteiger partial charge in [-0.1, -0.05) is 47.6 Å². The summed E-state index contributed by atoms with van der Waals surface area (Å²) in [7, 11) is 1.32. The number of ether oxygens (including phenoxy) is 1. The van der Waals surface area contributed by atoms with Crippen LogP contribution < -0.4 is 0 Å². The summed E-state index contributed by atoms with van der Waals surface area (Å²) >= 11 is 0. The molecule has 0 aromatic heterocycles. The summed E-state index contributed by atoms with van der Waals surface area (Å²) in [5.74, 6) is -0.900. The first-order valence-electron chi connectivity index (χ1n) is 6.66. The average molecular weight is 297 g/mol. The lowest BCUT2D eigenvalue weighted by Crippen LogP contribution is -2.10. The second-order valence-corrected chi connectivity index (χ2v) is 4.65. The van der Waals surface area contributed by atoms with Crippen LogP contribution in [0.25, 0.3) is 10.4 Å². The van der Waals surface area contributed by atoms with Crippen LogP contribution in [0.15, 0.2) is 53.6 Å². The van der Waals surface area contributed by atoms with Crippen LogP contribution >= 0.6 is 0 Å². The van der Waals surface area contributed by atoms with E-state index in [1.165, 1.54) is 13.2 Å². The van der Waals surface area contributed by atoms with Crippen molar-refractivity contribution in [2.45, 2.75) is 12.3 Å². The molecule has 0 aliphatic rings. The van der Waals surface area contributed by atoms with Crippen molar-refractivity contribution in [3.8, 4) is 5.75 Å². The number of esters is 1. The zero-order valence-electron chi connectivity index (χ0n) is 12.0. The lowest BCUT2D eigenvalue weighted by atomic mass is 9.87. The van der Waals surface area contributed by atoms with Gasteiger partial charge in [-0.15, -0.1) is 0 Å². The Labute approximate surface area is 127 Å². The molecule has 22 heavy (non-hydrogen) atoms. The second-order valence-electron chi connectivity index (χ2n) is 4.65. The molecule has 0 saturated carbocycles. The maximum atomic E-state index is 11.7. The zero-order chi connectivity index (χ0) is 15.9. The highest BCUT2D eigenvalue weighted by Crippen LogP contribution is 2.39. The first-order valence-corrected chi connectivity index (χ1v) is 6.66. The van der Waals surface area contributed by atoms with Crippen molar-refractivity contribution >= 4 is 11.7 Å². The summed E-state index contributed by atoms with van der Waals surface area (Å²) in [5.41, 5.74) is 10.1. The molecule has 0 aliphatic heterocycles. The highest BCUT2D eigenvalue weighted by molar-refractivity contribution is 5.72. The summed E-state index contributed by atoms with van der Waals surface area (Å²) in [6.07, 6.45) is 0.0772. The van der Waals surface area contributed by atoms with Gasteiger partial charge in [0.25, 0.3) is 0 Å². The quantitative estimate of drug-likeness (QED) is 0.390. The van der Waals surface area contributed by atoms with E-state index in [9.17, 15) is 9.90 Å². The maximum Gasteiger partial charge on any atom is 0.306 e. The summed E-state index contributed by atoms with van der Waals surface area (Å²) in [6, 6.07) is 14.2. The third-order valence-corrected chi connectivity index (χ3v) is 3.37. The monoisotopic (exact) mass is 297 g/mol. The molecule has 0 radical (unpaired) electrons. The number of aromatic hydroxyl groups is 1. The Bertz CT molecular complexity index is 710. The molecule has 0 spiro atoms. The number of methoxy groups -OCH3 is 1. The van der Waals surface area contributed by atoms with Gasteiger partial charge >= 0.3 is 5.97 Å². The van der Waals surface area contributed by atoms with Gasteiger partial charge in [-0.05, 0) is 17.2 Å². The van der Waals surface area contributed by atoms with Gasteiger partial charge in [-0.2, -0.15) is 0 Å². The van der Waals surface area contributed by atoms with E-state index in [1.807, 2.05) is 30.3 Å². The predicted octanol–water partition coefficient (Wildman–Crippen LogP) is 4.03. The number of carbonyl (C=O) groups excluding carboxylic acids is 1. The molecule has 2 rings (SSSR count). The van der Waals surface area contributed by atoms with Gasteiger partial charge in [0.05, 0.1) is 19.2 Å². The van der Waals surface area contributed by atoms with Gasteiger partial charge in [0, 0.05) is 16.4 Å². The smallest absolute Gasteiger partial charge is 0.306 e. The maximum absolute atomic E-state index is 11.7. The predicted molar refractivity (Wildman–Crippen MR) is 81.8 cm³/mol. The average Bonchev–Trinajstić information content (AvgIpc) is 2.55. The van der Waals surface area contributed by atoms with Crippen LogP contribution in [0.4, 0.5) is 5.69 Å². The molecule has 0 heterocycles. The lowest BCUT2D eigenvalue weighted by molar-refractivity contribution is -0.140. The number of para-hydroxylation sites is 1. The van der Waals surface area contributed by atoms with Crippen LogP contribution in [-0.2, 0) is 9.53 Å². The van der Waals surface area contributed by atoms with Gasteiger partial charge in [0.1, 0.15) is 5.75 Å². The van der Waals surface area contributed by atoms with Crippen molar-refractivity contribution in [3.05, 3.63) is 70.1 Å². The number of phenolic OH excluding ortho intramolecular Hbond substituents is 1. The van der Waals surface area contributed by atoms with Gasteiger partial charge in [0.15, 0.2) is 0 Å². The molecule has 0 bridgehead atoms. The van der Waals surface area contributed by atoms with E-state index < -0.39 is 0 Å². The lowest BCUT2D eigenvalue weighted by Gasteiger charge is -2.18. The van der Waals surface area contributed by atoms with Gasteiger partial charge in [-0.3, -0.25) is 4.79 Å². The number of nitrogens with zero attached hydrogens (tertiary/aromatic N) is 3. The Balaban J connectivity index is 2.52. The summed E-state index contributed by atoms with van der Waals surface area (Å²) in [6.45, 7) is 0. The molecule has 1 atom stereocenters. The highest BCUT2D eigenvalue weighted by Gasteiger charge is 2.22. The minimum Gasteiger partial charge on any atom is -0.507 e. The standard InChI is InChI=1S/C16H15N3O3/c1-22-15(20)10-13(11-6-3-2-4-7-11)12-8-5-9-14(16(12)21)18-19-17/h2-9,13,21H,10H2,1H3. The third-order valence-electron chi connectivity index (χ3n) is 3.37. The molecule has 0 amide bonds. The fourth-order valence-electron chi connectivity index (χ4n) is 2.30. The Morgan fingerprint density at radius 3 is 2.64 bits per heavy atom. The summed E-state index contributed by atoms with van der Waals surface area (Å²) in [4.78, 5) is 14.4. The number of phenols is 1. The minimum atomic E-state index is -0.387. The molecular formula is C16H15N3O3. The number of hydrogen-bond donors (Lipinski definition) is 1. The Hall–Kier alpha value is -2.98. The van der Waals surface area contributed by atoms with Crippen molar-refractivity contribution in [1.29, 1.82) is 0 Å². The van der Waals surface area contributed by atoms with E-state index >= 15 is 0 Å². The Morgan fingerprint density at radius 2 is 2.00 bits per heavy atom. The van der Waals surface area contributed by atoms with Gasteiger partial charge in [-0.25, -0.2) is 0 Å². The van der Waals surface area contributed by atoms with E-state index in [-0.39, 0.29) is 29.7 Å². The van der Waals surface area contributed by atoms with Crippen LogP contribution in [0, 0.1) is 0 Å². The van der Waals surface area contributed by atoms with Crippen molar-refractivity contribution in [3.63, 3.8) is 0 Å². The largest absolute Gasteiger partial charge is 0.507 e. The van der Waals surface area contributed by atoms with Gasteiger partial charge < -0.3 is 9.84 Å². The van der Waals surface area contributed by atoms with E-state index in [1.54, 1.807) is 12.1 Å². The second kappa shape index (κ2) is 7.15. The normalized spacial score (nSPS) is 11.3. The molecule has 112 valence electrons. The van der Waals surface area contributed by atoms with Crippen LogP contribution in [0.3, 0.4) is 0 Å². The number of hydrogen-bond acceptors (Lipinski definition) is 4. The molecule has 2 aromatic rings. The fraction of sp³-hybridized carbons (Fsp3) is 0.188. The van der Waals surface area contributed by atoms with E-state index in [0.29, 0.717) is 5.56 Å². The molecule has 6 heteroatoms. The van der Waals surface area contributed by atoms with Crippen molar-refractivity contribution in [1.82, 2.24) is 0 Å². The summed E-state index contributed by atoms with van der Waals surface area (Å²) in [5, 5.41) is 13.8. The highest BCUT2D eigenvalue weighted by atomic mass is 16.5. The molecule has 1 N–H and O–H groups in total. The van der Waals surface area contributed by atoms with Crippen LogP contribution in [0.5, 0.6) is 5.75 Å². The van der Waals surface area contributed by atoms with Crippen LogP contribution in [0.2, 0.25) is 0 Å². The molecule has 2 aromatic carbocycles. The zero-order valence-corrected chi connectivity index (χ0v) is 12.0. The molecule has 0 fully saturated rings. The van der Waals surface area contributed by atoms with Crippen molar-refractivity contribution in [2.75, 3.05) is 7.11 Å². The molecule has 1 unspecified atom stereocenters. The van der Waals surface area contributed by atoms with Crippen molar-refractivity contribution in [2.24, 2.45) is 5.11 Å². The van der Waals surface area contributed by atoms with E-state index in [2.05, 4.69) is 10.0 Å². The Morgan fingerprint density at radius 1 is 1.27 bits per heavy atom. The summed E-state index contributed by atoms with van der Waals surface area (Å²) < 4.78 is 4.74. The Kier molecular flexibility index (Phi) is 5.01. The topological polar surface area (TPSA) is 95.3 Å². The van der Waals surface area contributed by atoms with Crippen molar-refractivity contribution < 1.29 is 14.6 Å². The molecular weight excluding hydrogens is 282 g/mol. The number of carbonyl (C=O) groups is 1. The number of azide groups is 1. The fourth-order valence-corrected chi connectivity index (χ4v) is 2.30. The first kappa shape index (κ1) is 15.4. The van der Waals surface area contributed by atoms with Crippen LogP contribution in [-0.4, -0.2) is 18.2 Å².